The maximum atomic E-state index is 3.51. The van der Waals surface area contributed by atoms with Crippen LogP contribution >= 0.6 is 24.8 Å². The van der Waals surface area contributed by atoms with E-state index in [0.29, 0.717) is 6.04 Å². The first-order chi connectivity index (χ1) is 12.9. The molecule has 28 heavy (non-hydrogen) atoms. The summed E-state index contributed by atoms with van der Waals surface area (Å²) >= 11 is 0. The molecular weight excluding hydrogens is 387 g/mol. The van der Waals surface area contributed by atoms with Crippen LogP contribution in [0.3, 0.4) is 0 Å². The SMILES string of the molecule is CCCCC[C@@H](c1cc2ccccc2c2ccccc12)N1CCNCC1.Cl.Cl. The predicted molar refractivity (Wildman–Crippen MR) is 127 cm³/mol. The number of nitrogens with one attached hydrogen (secondary N) is 1. The number of fused-ring (bicyclic) bond motifs is 3. The van der Waals surface area contributed by atoms with E-state index in [1.165, 1.54) is 52.8 Å². The number of hydrogen-bond acceptors (Lipinski definition) is 2. The Morgan fingerprint density at radius 3 is 2.21 bits per heavy atom. The summed E-state index contributed by atoms with van der Waals surface area (Å²) in [5, 5.41) is 9.10. The first-order valence-electron chi connectivity index (χ1n) is 10.2. The van der Waals surface area contributed by atoms with Crippen molar-refractivity contribution in [1.82, 2.24) is 10.2 Å². The van der Waals surface area contributed by atoms with Gasteiger partial charge in [-0.1, -0.05) is 74.7 Å². The number of nitrogens with zero attached hydrogens (tertiary/aromatic N) is 1. The van der Waals surface area contributed by atoms with Crippen LogP contribution in [-0.4, -0.2) is 31.1 Å². The molecule has 0 unspecified atom stereocenters. The Labute approximate surface area is 181 Å². The van der Waals surface area contributed by atoms with Crippen molar-refractivity contribution >= 4 is 46.4 Å². The summed E-state index contributed by atoms with van der Waals surface area (Å²) in [4.78, 5) is 2.71. The number of benzene rings is 3. The lowest BCUT2D eigenvalue weighted by molar-refractivity contribution is 0.164. The number of halogens is 2. The van der Waals surface area contributed by atoms with Crippen molar-refractivity contribution in [2.24, 2.45) is 0 Å². The van der Waals surface area contributed by atoms with Crippen LogP contribution in [0.2, 0.25) is 0 Å². The molecule has 3 aromatic carbocycles. The van der Waals surface area contributed by atoms with Crippen LogP contribution in [0.5, 0.6) is 0 Å². The molecule has 0 bridgehead atoms. The quantitative estimate of drug-likeness (QED) is 0.369. The van der Waals surface area contributed by atoms with Gasteiger partial charge in [-0.25, -0.2) is 0 Å². The third-order valence-electron chi connectivity index (χ3n) is 5.83. The molecular formula is C24H32Cl2N2. The maximum Gasteiger partial charge on any atom is 0.0355 e. The van der Waals surface area contributed by atoms with Crippen LogP contribution in [0, 0.1) is 0 Å². The molecule has 1 fully saturated rings. The average molecular weight is 419 g/mol. The second kappa shape index (κ2) is 11.0. The second-order valence-corrected chi connectivity index (χ2v) is 7.53. The van der Waals surface area contributed by atoms with Crippen molar-refractivity contribution in [3.05, 3.63) is 60.2 Å². The zero-order chi connectivity index (χ0) is 17.8. The van der Waals surface area contributed by atoms with Crippen LogP contribution in [0.15, 0.2) is 54.6 Å². The minimum Gasteiger partial charge on any atom is -0.314 e. The molecule has 2 nitrogen and oxygen atoms in total. The van der Waals surface area contributed by atoms with Gasteiger partial charge in [-0.3, -0.25) is 4.90 Å². The van der Waals surface area contributed by atoms with Crippen molar-refractivity contribution in [2.45, 2.75) is 38.6 Å². The highest BCUT2D eigenvalue weighted by atomic mass is 35.5. The van der Waals surface area contributed by atoms with E-state index in [-0.39, 0.29) is 24.8 Å². The lowest BCUT2D eigenvalue weighted by atomic mass is 9.90. The molecule has 1 saturated heterocycles. The van der Waals surface area contributed by atoms with E-state index in [4.69, 9.17) is 0 Å². The summed E-state index contributed by atoms with van der Waals surface area (Å²) in [5.74, 6) is 0. The monoisotopic (exact) mass is 418 g/mol. The molecule has 0 aliphatic carbocycles. The van der Waals surface area contributed by atoms with Gasteiger partial charge >= 0.3 is 0 Å². The summed E-state index contributed by atoms with van der Waals surface area (Å²) < 4.78 is 0. The zero-order valence-corrected chi connectivity index (χ0v) is 18.3. The Morgan fingerprint density at radius 2 is 1.50 bits per heavy atom. The Kier molecular flexibility index (Phi) is 9.04. The minimum atomic E-state index is 0. The van der Waals surface area contributed by atoms with Crippen LogP contribution in [0.4, 0.5) is 0 Å². The Bertz CT molecular complexity index is 875. The van der Waals surface area contributed by atoms with Crippen molar-refractivity contribution in [2.75, 3.05) is 26.2 Å². The van der Waals surface area contributed by atoms with E-state index in [9.17, 15) is 0 Å². The van der Waals surface area contributed by atoms with Crippen LogP contribution < -0.4 is 5.32 Å². The predicted octanol–water partition coefficient (Wildman–Crippen LogP) is 6.36. The van der Waals surface area contributed by atoms with Crippen LogP contribution in [0.25, 0.3) is 21.5 Å². The van der Waals surface area contributed by atoms with Gasteiger partial charge in [0.25, 0.3) is 0 Å². The molecule has 0 radical (unpaired) electrons. The number of rotatable bonds is 6. The Hall–Kier alpha value is -1.32. The number of unbranched alkanes of at least 4 members (excludes halogenated alkanes) is 2. The summed E-state index contributed by atoms with van der Waals surface area (Å²) in [6, 6.07) is 20.8. The van der Waals surface area contributed by atoms with E-state index in [1.54, 1.807) is 0 Å². The maximum absolute atomic E-state index is 3.51. The molecule has 3 aromatic rings. The van der Waals surface area contributed by atoms with Gasteiger partial charge in [0.05, 0.1) is 0 Å². The highest BCUT2D eigenvalue weighted by Gasteiger charge is 2.24. The van der Waals surface area contributed by atoms with Crippen molar-refractivity contribution in [3.63, 3.8) is 0 Å². The minimum absolute atomic E-state index is 0. The van der Waals surface area contributed by atoms with E-state index in [1.807, 2.05) is 0 Å². The highest BCUT2D eigenvalue weighted by molar-refractivity contribution is 6.09. The largest absolute Gasteiger partial charge is 0.314 e. The molecule has 1 atom stereocenters. The standard InChI is InChI=1S/C24H30N2.2ClH/c1-2-3-4-13-24(26-16-14-25-15-17-26)23-18-19-9-5-6-10-20(19)21-11-7-8-12-22(21)23;;/h5-12,18,24-25H,2-4,13-17H2,1H3;2*1H/t24-;;/m0../s1. The van der Waals surface area contributed by atoms with Gasteiger partial charge in [-0.05, 0) is 39.6 Å². The van der Waals surface area contributed by atoms with Crippen molar-refractivity contribution in [3.8, 4) is 0 Å². The van der Waals surface area contributed by atoms with E-state index >= 15 is 0 Å². The van der Waals surface area contributed by atoms with Crippen molar-refractivity contribution < 1.29 is 0 Å². The van der Waals surface area contributed by atoms with Crippen LogP contribution in [-0.2, 0) is 0 Å². The molecule has 1 aliphatic rings. The normalized spacial score (nSPS) is 15.8. The van der Waals surface area contributed by atoms with Gasteiger partial charge < -0.3 is 5.32 Å². The molecule has 0 spiro atoms. The molecule has 4 rings (SSSR count). The van der Waals surface area contributed by atoms with Gasteiger partial charge in [-0.15, -0.1) is 24.8 Å². The second-order valence-electron chi connectivity index (χ2n) is 7.53. The first-order valence-corrected chi connectivity index (χ1v) is 10.2. The molecule has 1 N–H and O–H groups in total. The average Bonchev–Trinajstić information content (AvgIpc) is 2.71. The topological polar surface area (TPSA) is 15.3 Å². The molecule has 1 heterocycles. The third kappa shape index (κ3) is 4.80. The molecule has 4 heteroatoms. The van der Waals surface area contributed by atoms with E-state index < -0.39 is 0 Å². The Morgan fingerprint density at radius 1 is 0.857 bits per heavy atom. The summed E-state index contributed by atoms with van der Waals surface area (Å²) in [5.41, 5.74) is 1.53. The third-order valence-corrected chi connectivity index (χ3v) is 5.83. The lowest BCUT2D eigenvalue weighted by Gasteiger charge is -2.36. The molecule has 152 valence electrons. The molecule has 0 saturated carbocycles. The fourth-order valence-corrected chi connectivity index (χ4v) is 4.48. The molecule has 0 amide bonds. The lowest BCUT2D eigenvalue weighted by Crippen LogP contribution is -2.45. The van der Waals surface area contributed by atoms with E-state index in [0.717, 1.165) is 26.2 Å². The van der Waals surface area contributed by atoms with Crippen LogP contribution in [0.1, 0.15) is 44.2 Å². The number of hydrogen-bond donors (Lipinski definition) is 1. The fraction of sp³-hybridized carbons (Fsp3) is 0.417. The smallest absolute Gasteiger partial charge is 0.0355 e. The van der Waals surface area contributed by atoms with Gasteiger partial charge in [0.15, 0.2) is 0 Å². The summed E-state index contributed by atoms with van der Waals surface area (Å²) in [6.45, 7) is 6.81. The Balaban J connectivity index is 0.00000140. The molecule has 0 aromatic heterocycles. The fourth-order valence-electron chi connectivity index (χ4n) is 4.48. The van der Waals surface area contributed by atoms with Gasteiger partial charge in [-0.2, -0.15) is 0 Å². The first kappa shape index (κ1) is 23.0. The van der Waals surface area contributed by atoms with Gasteiger partial charge in [0, 0.05) is 32.2 Å². The summed E-state index contributed by atoms with van der Waals surface area (Å²) in [6.07, 6.45) is 5.18. The molecule has 1 aliphatic heterocycles. The van der Waals surface area contributed by atoms with Gasteiger partial charge in [0.2, 0.25) is 0 Å². The summed E-state index contributed by atoms with van der Waals surface area (Å²) in [7, 11) is 0. The van der Waals surface area contributed by atoms with E-state index in [2.05, 4.69) is 71.7 Å². The van der Waals surface area contributed by atoms with Gasteiger partial charge in [0.1, 0.15) is 0 Å². The zero-order valence-electron chi connectivity index (χ0n) is 16.7. The van der Waals surface area contributed by atoms with Crippen molar-refractivity contribution in [1.29, 1.82) is 0 Å². The highest BCUT2D eigenvalue weighted by Crippen LogP contribution is 2.36. The number of piperazine rings is 1.